The van der Waals surface area contributed by atoms with Crippen LogP contribution in [-0.4, -0.2) is 41.1 Å². The van der Waals surface area contributed by atoms with Crippen LogP contribution in [0.4, 0.5) is 0 Å². The molecule has 1 saturated heterocycles. The zero-order valence-electron chi connectivity index (χ0n) is 12.6. The molecule has 2 rings (SSSR count). The highest BCUT2D eigenvalue weighted by Crippen LogP contribution is 2.26. The lowest BCUT2D eigenvalue weighted by Crippen LogP contribution is -2.63. The van der Waals surface area contributed by atoms with Gasteiger partial charge in [0.2, 0.25) is 0 Å². The minimum Gasteiger partial charge on any atom is -0.308 e. The number of hydrogen-bond donors (Lipinski definition) is 1. The molecule has 1 aliphatic rings. The third-order valence-electron chi connectivity index (χ3n) is 4.64. The van der Waals surface area contributed by atoms with Crippen LogP contribution < -0.4 is 5.32 Å². The SMILES string of the molecule is CCC1(CC)CN(CC(C)c2nccs2)C(C)CN1. The first-order valence-corrected chi connectivity index (χ1v) is 8.36. The molecule has 2 heterocycles. The number of hydrogen-bond acceptors (Lipinski definition) is 4. The molecule has 0 radical (unpaired) electrons. The molecular weight excluding hydrogens is 254 g/mol. The summed E-state index contributed by atoms with van der Waals surface area (Å²) in [5.74, 6) is 0.534. The molecule has 0 bridgehead atoms. The molecule has 19 heavy (non-hydrogen) atoms. The zero-order chi connectivity index (χ0) is 13.9. The van der Waals surface area contributed by atoms with Gasteiger partial charge in [0.05, 0.1) is 5.01 Å². The Balaban J connectivity index is 2.01. The zero-order valence-corrected chi connectivity index (χ0v) is 13.5. The van der Waals surface area contributed by atoms with Gasteiger partial charge in [-0.25, -0.2) is 4.98 Å². The van der Waals surface area contributed by atoms with Crippen LogP contribution in [-0.2, 0) is 0 Å². The van der Waals surface area contributed by atoms with E-state index in [0.717, 1.165) is 19.6 Å². The Labute approximate surface area is 121 Å². The molecular formula is C15H27N3S. The number of thiazole rings is 1. The van der Waals surface area contributed by atoms with E-state index in [1.54, 1.807) is 11.3 Å². The predicted molar refractivity (Wildman–Crippen MR) is 82.9 cm³/mol. The molecule has 4 heteroatoms. The second-order valence-electron chi connectivity index (χ2n) is 5.92. The molecule has 3 nitrogen and oxygen atoms in total. The van der Waals surface area contributed by atoms with Gasteiger partial charge in [-0.15, -0.1) is 11.3 Å². The van der Waals surface area contributed by atoms with E-state index in [2.05, 4.69) is 48.3 Å². The van der Waals surface area contributed by atoms with Crippen LogP contribution in [0.15, 0.2) is 11.6 Å². The number of nitrogens with one attached hydrogen (secondary N) is 1. The number of aromatic nitrogens is 1. The lowest BCUT2D eigenvalue weighted by Gasteiger charge is -2.47. The second-order valence-corrected chi connectivity index (χ2v) is 6.84. The van der Waals surface area contributed by atoms with Crippen molar-refractivity contribution in [3.8, 4) is 0 Å². The quantitative estimate of drug-likeness (QED) is 0.899. The minimum absolute atomic E-state index is 0.315. The van der Waals surface area contributed by atoms with E-state index in [0.29, 0.717) is 17.5 Å². The fourth-order valence-corrected chi connectivity index (χ4v) is 3.66. The lowest BCUT2D eigenvalue weighted by atomic mass is 9.88. The fraction of sp³-hybridized carbons (Fsp3) is 0.800. The van der Waals surface area contributed by atoms with Crippen molar-refractivity contribution in [3.05, 3.63) is 16.6 Å². The summed E-state index contributed by atoms with van der Waals surface area (Å²) < 4.78 is 0. The summed E-state index contributed by atoms with van der Waals surface area (Å²) in [7, 11) is 0. The highest BCUT2D eigenvalue weighted by atomic mass is 32.1. The molecule has 108 valence electrons. The second kappa shape index (κ2) is 6.33. The maximum absolute atomic E-state index is 4.46. The van der Waals surface area contributed by atoms with Gasteiger partial charge in [0.25, 0.3) is 0 Å². The summed E-state index contributed by atoms with van der Waals surface area (Å²) in [6.07, 6.45) is 4.33. The van der Waals surface area contributed by atoms with Crippen LogP contribution in [0.2, 0.25) is 0 Å². The van der Waals surface area contributed by atoms with Gasteiger partial charge in [-0.05, 0) is 19.8 Å². The van der Waals surface area contributed by atoms with E-state index in [4.69, 9.17) is 0 Å². The topological polar surface area (TPSA) is 28.2 Å². The van der Waals surface area contributed by atoms with E-state index in [1.807, 2.05) is 6.20 Å². The Hall–Kier alpha value is -0.450. The summed E-state index contributed by atoms with van der Waals surface area (Å²) >= 11 is 1.78. The van der Waals surface area contributed by atoms with E-state index >= 15 is 0 Å². The maximum atomic E-state index is 4.46. The third-order valence-corrected chi connectivity index (χ3v) is 5.64. The van der Waals surface area contributed by atoms with Gasteiger partial charge in [-0.1, -0.05) is 20.8 Å². The Morgan fingerprint density at radius 2 is 2.26 bits per heavy atom. The van der Waals surface area contributed by atoms with Crippen LogP contribution in [0.1, 0.15) is 51.5 Å². The molecule has 1 aromatic rings. The fourth-order valence-electron chi connectivity index (χ4n) is 2.97. The predicted octanol–water partition coefficient (Wildman–Crippen LogP) is 3.10. The number of nitrogens with zero attached hydrogens (tertiary/aromatic N) is 2. The summed E-state index contributed by atoms with van der Waals surface area (Å²) in [5, 5.41) is 7.11. The normalized spacial score (nSPS) is 25.4. The average Bonchev–Trinajstić information content (AvgIpc) is 2.96. The largest absolute Gasteiger partial charge is 0.308 e. The molecule has 2 unspecified atom stereocenters. The van der Waals surface area contributed by atoms with Gasteiger partial charge in [0.15, 0.2) is 0 Å². The average molecular weight is 281 g/mol. The van der Waals surface area contributed by atoms with E-state index < -0.39 is 0 Å². The Bertz CT molecular complexity index is 373. The van der Waals surface area contributed by atoms with Crippen LogP contribution in [0.5, 0.6) is 0 Å². The first-order valence-electron chi connectivity index (χ1n) is 7.48. The van der Waals surface area contributed by atoms with Gasteiger partial charge in [0, 0.05) is 48.7 Å². The Morgan fingerprint density at radius 3 is 2.84 bits per heavy atom. The van der Waals surface area contributed by atoms with Gasteiger partial charge < -0.3 is 5.32 Å². The molecule has 0 aliphatic carbocycles. The highest BCUT2D eigenvalue weighted by Gasteiger charge is 2.35. The van der Waals surface area contributed by atoms with Crippen molar-refractivity contribution in [3.63, 3.8) is 0 Å². The monoisotopic (exact) mass is 281 g/mol. The maximum Gasteiger partial charge on any atom is 0.0965 e. The molecule has 1 aliphatic heterocycles. The lowest BCUT2D eigenvalue weighted by molar-refractivity contribution is 0.0766. The van der Waals surface area contributed by atoms with Crippen LogP contribution in [0, 0.1) is 0 Å². The van der Waals surface area contributed by atoms with E-state index in [1.165, 1.54) is 17.8 Å². The van der Waals surface area contributed by atoms with E-state index in [-0.39, 0.29) is 0 Å². The molecule has 1 N–H and O–H groups in total. The molecule has 0 saturated carbocycles. The molecule has 2 atom stereocenters. The van der Waals surface area contributed by atoms with Gasteiger partial charge >= 0.3 is 0 Å². The summed E-state index contributed by atoms with van der Waals surface area (Å²) in [6.45, 7) is 12.6. The molecule has 0 spiro atoms. The minimum atomic E-state index is 0.315. The van der Waals surface area contributed by atoms with Crippen LogP contribution in [0.3, 0.4) is 0 Å². The van der Waals surface area contributed by atoms with Crippen molar-refractivity contribution in [1.82, 2.24) is 15.2 Å². The summed E-state index contributed by atoms with van der Waals surface area (Å²) in [4.78, 5) is 7.11. The Morgan fingerprint density at radius 1 is 1.53 bits per heavy atom. The first kappa shape index (κ1) is 14.9. The smallest absolute Gasteiger partial charge is 0.0965 e. The van der Waals surface area contributed by atoms with Crippen molar-refractivity contribution in [2.45, 2.75) is 58.0 Å². The molecule has 1 aromatic heterocycles. The molecule has 0 aromatic carbocycles. The first-order chi connectivity index (χ1) is 9.10. The Kier molecular flexibility index (Phi) is 4.98. The highest BCUT2D eigenvalue weighted by molar-refractivity contribution is 7.09. The number of piperazine rings is 1. The summed E-state index contributed by atoms with van der Waals surface area (Å²) in [5.41, 5.74) is 0.315. The van der Waals surface area contributed by atoms with E-state index in [9.17, 15) is 0 Å². The van der Waals surface area contributed by atoms with Crippen molar-refractivity contribution >= 4 is 11.3 Å². The van der Waals surface area contributed by atoms with Crippen molar-refractivity contribution in [1.29, 1.82) is 0 Å². The number of rotatable bonds is 5. The standard InChI is InChI=1S/C15H27N3S/c1-5-15(6-2)11-18(13(4)9-17-15)10-12(3)14-16-7-8-19-14/h7-8,12-13,17H,5-6,9-11H2,1-4H3. The van der Waals surface area contributed by atoms with Crippen molar-refractivity contribution in [2.24, 2.45) is 0 Å². The van der Waals surface area contributed by atoms with Crippen molar-refractivity contribution in [2.75, 3.05) is 19.6 Å². The molecule has 1 fully saturated rings. The third kappa shape index (κ3) is 3.36. The summed E-state index contributed by atoms with van der Waals surface area (Å²) in [6, 6.07) is 0.619. The van der Waals surface area contributed by atoms with Gasteiger partial charge in [-0.3, -0.25) is 4.90 Å². The van der Waals surface area contributed by atoms with Gasteiger partial charge in [-0.2, -0.15) is 0 Å². The van der Waals surface area contributed by atoms with Gasteiger partial charge in [0.1, 0.15) is 0 Å². The van der Waals surface area contributed by atoms with Crippen molar-refractivity contribution < 1.29 is 0 Å². The molecule has 0 amide bonds. The van der Waals surface area contributed by atoms with Crippen LogP contribution >= 0.6 is 11.3 Å². The van der Waals surface area contributed by atoms with Crippen LogP contribution in [0.25, 0.3) is 0 Å².